The van der Waals surface area contributed by atoms with E-state index in [9.17, 15) is 4.79 Å². The molecule has 0 saturated carbocycles. The number of para-hydroxylation sites is 1. The van der Waals surface area contributed by atoms with Crippen LogP contribution in [0, 0.1) is 0 Å². The quantitative estimate of drug-likeness (QED) is 0.556. The highest BCUT2D eigenvalue weighted by atomic mass is 16.5. The number of hydrogen-bond donors (Lipinski definition) is 1. The SMILES string of the molecule is O=C(O)COc1cccc2c(CCOCCCc3ccccc3)coc12. The highest BCUT2D eigenvalue weighted by Crippen LogP contribution is 2.30. The summed E-state index contributed by atoms with van der Waals surface area (Å²) >= 11 is 0. The summed E-state index contributed by atoms with van der Waals surface area (Å²) in [5.74, 6) is -0.572. The van der Waals surface area contributed by atoms with E-state index in [1.807, 2.05) is 18.2 Å². The number of carboxylic acid groups (broad SMARTS) is 1. The summed E-state index contributed by atoms with van der Waals surface area (Å²) in [5, 5.41) is 9.67. The molecule has 0 fully saturated rings. The molecule has 0 radical (unpaired) electrons. The van der Waals surface area contributed by atoms with Crippen molar-refractivity contribution in [3.63, 3.8) is 0 Å². The van der Waals surface area contributed by atoms with Gasteiger partial charge in [0.05, 0.1) is 12.9 Å². The molecular weight excluding hydrogens is 332 g/mol. The summed E-state index contributed by atoms with van der Waals surface area (Å²) in [6, 6.07) is 15.9. The largest absolute Gasteiger partial charge is 0.479 e. The van der Waals surface area contributed by atoms with Gasteiger partial charge in [-0.3, -0.25) is 0 Å². The molecule has 136 valence electrons. The van der Waals surface area contributed by atoms with E-state index in [0.29, 0.717) is 17.9 Å². The van der Waals surface area contributed by atoms with Gasteiger partial charge in [-0.25, -0.2) is 4.79 Å². The molecule has 5 heteroatoms. The molecule has 1 aromatic heterocycles. The minimum atomic E-state index is -1.02. The number of furan rings is 1. The van der Waals surface area contributed by atoms with Crippen LogP contribution in [0.25, 0.3) is 11.0 Å². The summed E-state index contributed by atoms with van der Waals surface area (Å²) in [5.41, 5.74) is 2.93. The van der Waals surface area contributed by atoms with Gasteiger partial charge in [-0.05, 0) is 30.9 Å². The van der Waals surface area contributed by atoms with Crippen LogP contribution < -0.4 is 4.74 Å². The van der Waals surface area contributed by atoms with Crippen molar-refractivity contribution in [3.8, 4) is 5.75 Å². The van der Waals surface area contributed by atoms with Gasteiger partial charge in [0.15, 0.2) is 17.9 Å². The maximum absolute atomic E-state index is 10.7. The molecule has 3 rings (SSSR count). The van der Waals surface area contributed by atoms with E-state index in [1.165, 1.54) is 5.56 Å². The minimum absolute atomic E-state index is 0.389. The zero-order valence-corrected chi connectivity index (χ0v) is 14.5. The molecule has 0 amide bonds. The Kier molecular flexibility index (Phi) is 6.28. The lowest BCUT2D eigenvalue weighted by Gasteiger charge is -2.05. The number of ether oxygens (including phenoxy) is 2. The molecule has 0 saturated heterocycles. The Balaban J connectivity index is 1.47. The first kappa shape index (κ1) is 18.0. The van der Waals surface area contributed by atoms with Crippen molar-refractivity contribution >= 4 is 16.9 Å². The highest BCUT2D eigenvalue weighted by Gasteiger charge is 2.11. The van der Waals surface area contributed by atoms with Crippen LogP contribution in [0.2, 0.25) is 0 Å². The summed E-state index contributed by atoms with van der Waals surface area (Å²) in [4.78, 5) is 10.7. The lowest BCUT2D eigenvalue weighted by molar-refractivity contribution is -0.139. The van der Waals surface area contributed by atoms with E-state index in [4.69, 9.17) is 19.0 Å². The predicted octanol–water partition coefficient (Wildman–Crippen LogP) is 4.09. The molecule has 1 heterocycles. The Hall–Kier alpha value is -2.79. The van der Waals surface area contributed by atoms with Gasteiger partial charge in [0.2, 0.25) is 0 Å². The van der Waals surface area contributed by atoms with Gasteiger partial charge in [0.25, 0.3) is 0 Å². The molecule has 26 heavy (non-hydrogen) atoms. The van der Waals surface area contributed by atoms with Gasteiger partial charge in [0.1, 0.15) is 0 Å². The smallest absolute Gasteiger partial charge is 0.341 e. The zero-order chi connectivity index (χ0) is 18.2. The first-order chi connectivity index (χ1) is 12.7. The number of carboxylic acids is 1. The molecule has 0 bridgehead atoms. The Morgan fingerprint density at radius 3 is 2.65 bits per heavy atom. The van der Waals surface area contributed by atoms with Crippen molar-refractivity contribution in [1.29, 1.82) is 0 Å². The number of aryl methyl sites for hydroxylation is 1. The van der Waals surface area contributed by atoms with Crippen LogP contribution in [-0.2, 0) is 22.4 Å². The van der Waals surface area contributed by atoms with E-state index in [-0.39, 0.29) is 6.61 Å². The van der Waals surface area contributed by atoms with Gasteiger partial charge < -0.3 is 19.0 Å². The number of fused-ring (bicyclic) bond motifs is 1. The highest BCUT2D eigenvalue weighted by molar-refractivity contribution is 5.86. The van der Waals surface area contributed by atoms with Crippen LogP contribution in [-0.4, -0.2) is 30.9 Å². The molecule has 1 N–H and O–H groups in total. The topological polar surface area (TPSA) is 68.9 Å². The lowest BCUT2D eigenvalue weighted by atomic mass is 10.1. The van der Waals surface area contributed by atoms with Gasteiger partial charge >= 0.3 is 5.97 Å². The molecule has 0 atom stereocenters. The maximum atomic E-state index is 10.7. The van der Waals surface area contributed by atoms with E-state index >= 15 is 0 Å². The van der Waals surface area contributed by atoms with Crippen molar-refractivity contribution in [3.05, 3.63) is 65.9 Å². The van der Waals surface area contributed by atoms with E-state index < -0.39 is 5.97 Å². The fourth-order valence-electron chi connectivity index (χ4n) is 2.84. The fraction of sp³-hybridized carbons (Fsp3) is 0.286. The van der Waals surface area contributed by atoms with Crippen molar-refractivity contribution in [2.45, 2.75) is 19.3 Å². The van der Waals surface area contributed by atoms with Crippen LogP contribution >= 0.6 is 0 Å². The number of rotatable bonds is 10. The van der Waals surface area contributed by atoms with Crippen LogP contribution in [0.4, 0.5) is 0 Å². The van der Waals surface area contributed by atoms with Crippen LogP contribution in [0.1, 0.15) is 17.5 Å². The molecule has 0 aliphatic carbocycles. The predicted molar refractivity (Wildman–Crippen MR) is 98.6 cm³/mol. The minimum Gasteiger partial charge on any atom is -0.479 e. The summed E-state index contributed by atoms with van der Waals surface area (Å²) < 4.78 is 16.6. The fourth-order valence-corrected chi connectivity index (χ4v) is 2.84. The van der Waals surface area contributed by atoms with Crippen molar-refractivity contribution in [1.82, 2.24) is 0 Å². The normalized spacial score (nSPS) is 10.9. The number of aliphatic carboxylic acids is 1. The first-order valence-electron chi connectivity index (χ1n) is 8.69. The lowest BCUT2D eigenvalue weighted by Crippen LogP contribution is -2.09. The molecule has 2 aromatic carbocycles. The summed E-state index contributed by atoms with van der Waals surface area (Å²) in [6.45, 7) is 0.945. The molecule has 0 aliphatic rings. The average Bonchev–Trinajstić information content (AvgIpc) is 3.07. The zero-order valence-electron chi connectivity index (χ0n) is 14.5. The van der Waals surface area contributed by atoms with Crippen molar-refractivity contribution in [2.24, 2.45) is 0 Å². The Morgan fingerprint density at radius 1 is 1.00 bits per heavy atom. The van der Waals surface area contributed by atoms with Gasteiger partial charge in [-0.2, -0.15) is 0 Å². The standard InChI is InChI=1S/C21H22O5/c22-20(23)15-25-19-10-4-9-18-17(14-26-21(18)19)11-13-24-12-5-8-16-6-2-1-3-7-16/h1-4,6-7,9-10,14H,5,8,11-13,15H2,(H,22,23). The second kappa shape index (κ2) is 9.06. The second-order valence-corrected chi connectivity index (χ2v) is 6.03. The Morgan fingerprint density at radius 2 is 1.85 bits per heavy atom. The monoisotopic (exact) mass is 354 g/mol. The first-order valence-corrected chi connectivity index (χ1v) is 8.69. The molecule has 0 spiro atoms. The summed E-state index contributed by atoms with van der Waals surface area (Å²) in [6.07, 6.45) is 4.43. The third-order valence-electron chi connectivity index (χ3n) is 4.11. The molecule has 0 aliphatic heterocycles. The van der Waals surface area contributed by atoms with Crippen molar-refractivity contribution < 1.29 is 23.8 Å². The maximum Gasteiger partial charge on any atom is 0.341 e. The average molecular weight is 354 g/mol. The van der Waals surface area contributed by atoms with E-state index in [0.717, 1.165) is 36.8 Å². The number of hydrogen-bond acceptors (Lipinski definition) is 4. The van der Waals surface area contributed by atoms with Crippen LogP contribution in [0.5, 0.6) is 5.75 Å². The molecule has 5 nitrogen and oxygen atoms in total. The third kappa shape index (κ3) is 4.86. The van der Waals surface area contributed by atoms with Crippen molar-refractivity contribution in [2.75, 3.05) is 19.8 Å². The number of benzene rings is 2. The van der Waals surface area contributed by atoms with E-state index in [1.54, 1.807) is 12.3 Å². The Labute approximate surface area is 152 Å². The summed E-state index contributed by atoms with van der Waals surface area (Å²) in [7, 11) is 0. The molecule has 0 unspecified atom stereocenters. The van der Waals surface area contributed by atoms with E-state index in [2.05, 4.69) is 24.3 Å². The molecular formula is C21H22O5. The Bertz CT molecular complexity index is 838. The van der Waals surface area contributed by atoms with Crippen LogP contribution in [0.3, 0.4) is 0 Å². The number of carbonyl (C=O) groups is 1. The second-order valence-electron chi connectivity index (χ2n) is 6.03. The van der Waals surface area contributed by atoms with Gasteiger partial charge in [0, 0.05) is 17.6 Å². The third-order valence-corrected chi connectivity index (χ3v) is 4.11. The molecule has 3 aromatic rings. The van der Waals surface area contributed by atoms with Gasteiger partial charge in [-0.1, -0.05) is 42.5 Å². The van der Waals surface area contributed by atoms with Gasteiger partial charge in [-0.15, -0.1) is 0 Å². The van der Waals surface area contributed by atoms with Crippen LogP contribution in [0.15, 0.2) is 59.2 Å².